The van der Waals surface area contributed by atoms with Gasteiger partial charge in [-0.2, -0.15) is 0 Å². The molecule has 0 aliphatic carbocycles. The lowest BCUT2D eigenvalue weighted by Crippen LogP contribution is -2.04. The molecule has 8 aromatic heterocycles. The van der Waals surface area contributed by atoms with Gasteiger partial charge in [0.15, 0.2) is 11.6 Å². The van der Waals surface area contributed by atoms with Crippen molar-refractivity contribution in [2.24, 2.45) is 0 Å². The van der Waals surface area contributed by atoms with Crippen LogP contribution in [-0.2, 0) is 0 Å². The molecule has 0 N–H and O–H groups in total. The molecule has 0 atom stereocenters. The molecule has 0 bridgehead atoms. The molecular formula is C84H52N12. The molecule has 0 spiro atoms. The highest BCUT2D eigenvalue weighted by atomic mass is 15.2. The average Bonchev–Trinajstić information content (AvgIpc) is 1.55. The van der Waals surface area contributed by atoms with Gasteiger partial charge in [-0.1, -0.05) is 182 Å². The monoisotopic (exact) mass is 1230 g/mol. The quantitative estimate of drug-likeness (QED) is 0.135. The van der Waals surface area contributed by atoms with Crippen LogP contribution in [0.4, 0.5) is 0 Å². The van der Waals surface area contributed by atoms with E-state index in [4.69, 9.17) is 29.9 Å². The molecular weight excluding hydrogens is 1180 g/mol. The highest BCUT2D eigenvalue weighted by Crippen LogP contribution is 2.45. The number of fused-ring (bicyclic) bond motifs is 15. The standard InChI is InChI=1S/C84H52N12/c1-5-23-53(24-6-1)67-51-68(54-25-7-2-8-26-54)86-80(85-67)57-43-45-71-63(47-57)79-64-48-58(81-87-69(55-27-9-3-10-28-55)52-70(88-81)56-29-11-4-12-30-56)44-46-72(64)92(60-32-22-34-62(50-60)94-76-40-18-20-42-78(76)96-74-38-16-14-36-66(74)90-84(94)96)82(79)91(71)59-31-21-33-61(49-59)93-75-39-17-19-41-77(75)95-73-37-15-13-35-65(73)89-83(93)95/h1-52H. The van der Waals surface area contributed by atoms with Crippen LogP contribution in [0.3, 0.4) is 0 Å². The van der Waals surface area contributed by atoms with E-state index in [1.54, 1.807) is 0 Å². The highest BCUT2D eigenvalue weighted by molar-refractivity contribution is 6.23. The molecule has 0 saturated heterocycles. The van der Waals surface area contributed by atoms with Crippen LogP contribution in [0.25, 0.3) is 179 Å². The fourth-order valence-corrected chi connectivity index (χ4v) is 14.5. The molecule has 0 aliphatic heterocycles. The Labute approximate surface area is 548 Å². The van der Waals surface area contributed by atoms with Gasteiger partial charge in [0, 0.05) is 60.9 Å². The van der Waals surface area contributed by atoms with E-state index in [1.165, 1.54) is 0 Å². The summed E-state index contributed by atoms with van der Waals surface area (Å²) < 4.78 is 14.0. The molecule has 8 heterocycles. The average molecular weight is 1230 g/mol. The molecule has 12 aromatic carbocycles. The molecule has 20 rings (SSSR count). The van der Waals surface area contributed by atoms with Crippen LogP contribution < -0.4 is 0 Å². The summed E-state index contributed by atoms with van der Waals surface area (Å²) in [6.45, 7) is 0. The Morgan fingerprint density at radius 3 is 0.906 bits per heavy atom. The zero-order valence-electron chi connectivity index (χ0n) is 51.4. The molecule has 0 amide bonds. The molecule has 0 fully saturated rings. The van der Waals surface area contributed by atoms with Gasteiger partial charge in [0.2, 0.25) is 11.6 Å². The number of nitrogens with zero attached hydrogens (tertiary/aromatic N) is 12. The zero-order chi connectivity index (χ0) is 63.0. The van der Waals surface area contributed by atoms with Crippen molar-refractivity contribution >= 4 is 88.5 Å². The Bertz CT molecular complexity index is 6000. The minimum absolute atomic E-state index is 0.615. The summed E-state index contributed by atoms with van der Waals surface area (Å²) in [6.07, 6.45) is 0. The van der Waals surface area contributed by atoms with Gasteiger partial charge in [0.25, 0.3) is 0 Å². The lowest BCUT2D eigenvalue weighted by molar-refractivity contribution is 1.05. The van der Waals surface area contributed by atoms with Crippen LogP contribution in [0.5, 0.6) is 0 Å². The largest absolute Gasteiger partial charge is 0.295 e. The lowest BCUT2D eigenvalue weighted by atomic mass is 10.0. The van der Waals surface area contributed by atoms with Crippen LogP contribution in [0.2, 0.25) is 0 Å². The Kier molecular flexibility index (Phi) is 11.7. The normalized spacial score (nSPS) is 12.0. The lowest BCUT2D eigenvalue weighted by Gasteiger charge is -2.16. The number of hydrogen-bond acceptors (Lipinski definition) is 6. The van der Waals surface area contributed by atoms with E-state index >= 15 is 0 Å². The summed E-state index contributed by atoms with van der Waals surface area (Å²) in [7, 11) is 0. The van der Waals surface area contributed by atoms with E-state index in [9.17, 15) is 0 Å². The van der Waals surface area contributed by atoms with E-state index in [2.05, 4.69) is 318 Å². The summed E-state index contributed by atoms with van der Waals surface area (Å²) in [5, 5.41) is 3.06. The highest BCUT2D eigenvalue weighted by Gasteiger charge is 2.27. The minimum Gasteiger partial charge on any atom is -0.295 e. The molecule has 20 aromatic rings. The SMILES string of the molecule is c1ccc(-c2cc(-c3ccccc3)nc(-c3ccc4c(c3)c3c5cc(-c6nc(-c7ccccc7)cc(-c7ccccc7)n6)ccc5n(-c5cccc(-n6c7ccccc7n7c8ccccc8nc67)c5)c3n4-c3cccc(-n4c5ccccc5n5c6ccccc6nc45)c3)n2)cc1. The van der Waals surface area contributed by atoms with Gasteiger partial charge in [-0.15, -0.1) is 0 Å². The summed E-state index contributed by atoms with van der Waals surface area (Å²) in [6, 6.07) is 111. The molecule has 0 saturated carbocycles. The molecule has 96 heavy (non-hydrogen) atoms. The van der Waals surface area contributed by atoms with Crippen molar-refractivity contribution in [3.05, 3.63) is 315 Å². The maximum Gasteiger partial charge on any atom is 0.220 e. The zero-order valence-corrected chi connectivity index (χ0v) is 51.4. The van der Waals surface area contributed by atoms with Gasteiger partial charge in [0.05, 0.1) is 89.3 Å². The third-order valence-corrected chi connectivity index (χ3v) is 18.8. The first-order chi connectivity index (χ1) is 47.6. The number of benzene rings is 12. The number of hydrogen-bond donors (Lipinski definition) is 0. The van der Waals surface area contributed by atoms with Crippen molar-refractivity contribution in [1.29, 1.82) is 0 Å². The Morgan fingerprint density at radius 2 is 0.531 bits per heavy atom. The van der Waals surface area contributed by atoms with Crippen LogP contribution in [0, 0.1) is 0 Å². The van der Waals surface area contributed by atoms with Gasteiger partial charge >= 0.3 is 0 Å². The van der Waals surface area contributed by atoms with Crippen LogP contribution >= 0.6 is 0 Å². The van der Waals surface area contributed by atoms with Gasteiger partial charge in [-0.3, -0.25) is 27.1 Å². The third-order valence-electron chi connectivity index (χ3n) is 18.8. The number of aromatic nitrogens is 12. The molecule has 0 aliphatic rings. The maximum absolute atomic E-state index is 5.42. The third kappa shape index (κ3) is 8.28. The van der Waals surface area contributed by atoms with Gasteiger partial charge < -0.3 is 0 Å². The smallest absolute Gasteiger partial charge is 0.220 e. The minimum atomic E-state index is 0.615. The fraction of sp³-hybridized carbons (Fsp3) is 0. The van der Waals surface area contributed by atoms with Crippen LogP contribution in [0.15, 0.2) is 315 Å². The molecule has 0 radical (unpaired) electrons. The van der Waals surface area contributed by atoms with E-state index < -0.39 is 0 Å². The summed E-state index contributed by atoms with van der Waals surface area (Å²) in [5.41, 5.74) is 24.1. The van der Waals surface area contributed by atoms with E-state index in [0.717, 1.165) is 167 Å². The predicted octanol–water partition coefficient (Wildman–Crippen LogP) is 19.8. The van der Waals surface area contributed by atoms with E-state index in [1.807, 2.05) is 24.3 Å². The number of rotatable bonds is 10. The second kappa shape index (κ2) is 21.1. The molecule has 12 heteroatoms. The topological polar surface area (TPSA) is 106 Å². The molecule has 448 valence electrons. The summed E-state index contributed by atoms with van der Waals surface area (Å²) in [4.78, 5) is 32.4. The van der Waals surface area contributed by atoms with Crippen LogP contribution in [0.1, 0.15) is 0 Å². The van der Waals surface area contributed by atoms with Crippen molar-refractivity contribution < 1.29 is 0 Å². The first-order valence-corrected chi connectivity index (χ1v) is 32.2. The van der Waals surface area contributed by atoms with Crippen molar-refractivity contribution in [2.45, 2.75) is 0 Å². The van der Waals surface area contributed by atoms with E-state index in [-0.39, 0.29) is 0 Å². The van der Waals surface area contributed by atoms with Crippen molar-refractivity contribution in [1.82, 2.24) is 57.0 Å². The Hall–Kier alpha value is -13.3. The first kappa shape index (κ1) is 53.4. The van der Waals surface area contributed by atoms with Gasteiger partial charge in [-0.25, -0.2) is 29.9 Å². The fourth-order valence-electron chi connectivity index (χ4n) is 14.5. The van der Waals surface area contributed by atoms with Crippen molar-refractivity contribution in [2.75, 3.05) is 0 Å². The van der Waals surface area contributed by atoms with Crippen molar-refractivity contribution in [3.63, 3.8) is 0 Å². The number of para-hydroxylation sites is 8. The summed E-state index contributed by atoms with van der Waals surface area (Å²) in [5.74, 6) is 2.89. The van der Waals surface area contributed by atoms with Crippen LogP contribution in [-0.4, -0.2) is 57.0 Å². The maximum atomic E-state index is 5.42. The number of imidazole rings is 4. The Morgan fingerprint density at radius 1 is 0.208 bits per heavy atom. The van der Waals surface area contributed by atoms with Gasteiger partial charge in [-0.05, 0) is 133 Å². The first-order valence-electron chi connectivity index (χ1n) is 32.2. The van der Waals surface area contributed by atoms with Gasteiger partial charge in [0.1, 0.15) is 5.65 Å². The molecule has 12 nitrogen and oxygen atoms in total. The second-order valence-corrected chi connectivity index (χ2v) is 24.4. The van der Waals surface area contributed by atoms with Crippen molar-refractivity contribution in [3.8, 4) is 90.6 Å². The predicted molar refractivity (Wildman–Crippen MR) is 388 cm³/mol. The Balaban J connectivity index is 0.898. The second-order valence-electron chi connectivity index (χ2n) is 24.4. The molecule has 0 unspecified atom stereocenters. The summed E-state index contributed by atoms with van der Waals surface area (Å²) >= 11 is 0. The van der Waals surface area contributed by atoms with E-state index in [0.29, 0.717) is 11.6 Å².